The molecule has 1 aromatic heterocycles. The van der Waals surface area contributed by atoms with Crippen molar-refractivity contribution >= 4 is 11.0 Å². The van der Waals surface area contributed by atoms with E-state index in [-0.39, 0.29) is 0 Å². The first kappa shape index (κ1) is 15.1. The molecule has 0 aliphatic heterocycles. The molecule has 0 fully saturated rings. The number of hydrogen-bond acceptors (Lipinski definition) is 2. The van der Waals surface area contributed by atoms with Crippen LogP contribution in [-0.2, 0) is 13.0 Å². The van der Waals surface area contributed by atoms with E-state index >= 15 is 0 Å². The van der Waals surface area contributed by atoms with Gasteiger partial charge in [0.1, 0.15) is 11.3 Å². The molecule has 20 heavy (non-hydrogen) atoms. The Hall–Kier alpha value is -1.28. The third-order valence-corrected chi connectivity index (χ3v) is 3.48. The van der Waals surface area contributed by atoms with Crippen LogP contribution in [0.4, 0.5) is 0 Å². The molecule has 0 aliphatic carbocycles. The van der Waals surface area contributed by atoms with E-state index in [1.54, 1.807) is 0 Å². The first-order valence-corrected chi connectivity index (χ1v) is 7.69. The maximum Gasteiger partial charge on any atom is 0.134 e. The van der Waals surface area contributed by atoms with Crippen molar-refractivity contribution in [2.24, 2.45) is 11.8 Å². The van der Waals surface area contributed by atoms with Crippen LogP contribution in [0.1, 0.15) is 44.6 Å². The second-order valence-electron chi connectivity index (χ2n) is 6.63. The summed E-state index contributed by atoms with van der Waals surface area (Å²) in [7, 11) is 0. The molecule has 0 amide bonds. The minimum Gasteiger partial charge on any atom is -0.459 e. The molecule has 0 unspecified atom stereocenters. The van der Waals surface area contributed by atoms with Gasteiger partial charge in [0, 0.05) is 10.9 Å². The van der Waals surface area contributed by atoms with E-state index < -0.39 is 0 Å². The number of fused-ring (bicyclic) bond motifs is 1. The molecule has 0 bridgehead atoms. The quantitative estimate of drug-likeness (QED) is 0.826. The summed E-state index contributed by atoms with van der Waals surface area (Å²) < 4.78 is 6.07. The van der Waals surface area contributed by atoms with Gasteiger partial charge < -0.3 is 9.73 Å². The van der Waals surface area contributed by atoms with E-state index in [1.165, 1.54) is 16.5 Å². The standard InChI is InChI=1S/C18H27NO/c1-12(2)8-15-16-9-14(5)6-7-17(16)20-18(15)11-19-10-13(3)4/h6-7,9,12-13,19H,8,10-11H2,1-5H3. The molecule has 0 saturated heterocycles. The highest BCUT2D eigenvalue weighted by molar-refractivity contribution is 5.83. The first-order valence-electron chi connectivity index (χ1n) is 7.69. The SMILES string of the molecule is Cc1ccc2oc(CNCC(C)C)c(CC(C)C)c2c1. The topological polar surface area (TPSA) is 25.2 Å². The van der Waals surface area contributed by atoms with Crippen LogP contribution in [0.5, 0.6) is 0 Å². The molecular weight excluding hydrogens is 246 g/mol. The molecular formula is C18H27NO. The zero-order chi connectivity index (χ0) is 14.7. The van der Waals surface area contributed by atoms with E-state index in [0.29, 0.717) is 11.8 Å². The largest absolute Gasteiger partial charge is 0.459 e. The van der Waals surface area contributed by atoms with Crippen molar-refractivity contribution in [3.63, 3.8) is 0 Å². The van der Waals surface area contributed by atoms with Crippen LogP contribution in [-0.4, -0.2) is 6.54 Å². The van der Waals surface area contributed by atoms with Gasteiger partial charge >= 0.3 is 0 Å². The average molecular weight is 273 g/mol. The lowest BCUT2D eigenvalue weighted by Crippen LogP contribution is -2.19. The first-order chi connectivity index (χ1) is 9.47. The van der Waals surface area contributed by atoms with Crippen molar-refractivity contribution in [2.45, 2.75) is 47.6 Å². The molecule has 110 valence electrons. The monoisotopic (exact) mass is 273 g/mol. The molecule has 2 heteroatoms. The van der Waals surface area contributed by atoms with Gasteiger partial charge in [-0.15, -0.1) is 0 Å². The summed E-state index contributed by atoms with van der Waals surface area (Å²) in [5, 5.41) is 4.79. The molecule has 0 aliphatic rings. The zero-order valence-electron chi connectivity index (χ0n) is 13.4. The van der Waals surface area contributed by atoms with Gasteiger partial charge in [0.25, 0.3) is 0 Å². The van der Waals surface area contributed by atoms with E-state index in [2.05, 4.69) is 58.1 Å². The average Bonchev–Trinajstić information content (AvgIpc) is 2.66. The highest BCUT2D eigenvalue weighted by atomic mass is 16.3. The molecule has 1 aromatic carbocycles. The van der Waals surface area contributed by atoms with Crippen LogP contribution in [0.25, 0.3) is 11.0 Å². The predicted molar refractivity (Wildman–Crippen MR) is 86.0 cm³/mol. The third-order valence-electron chi connectivity index (χ3n) is 3.48. The second-order valence-corrected chi connectivity index (χ2v) is 6.63. The summed E-state index contributed by atoms with van der Waals surface area (Å²) in [6.07, 6.45) is 1.08. The van der Waals surface area contributed by atoms with Crippen LogP contribution in [0.2, 0.25) is 0 Å². The normalized spacial score (nSPS) is 11.9. The Morgan fingerprint density at radius 1 is 1.10 bits per heavy atom. The van der Waals surface area contributed by atoms with Crippen LogP contribution in [0.15, 0.2) is 22.6 Å². The Balaban J connectivity index is 2.31. The fourth-order valence-electron chi connectivity index (χ4n) is 2.56. The third kappa shape index (κ3) is 3.63. The van der Waals surface area contributed by atoms with Gasteiger partial charge in [-0.05, 0) is 43.9 Å². The van der Waals surface area contributed by atoms with E-state index in [9.17, 15) is 0 Å². The molecule has 0 spiro atoms. The second kappa shape index (κ2) is 6.45. The number of rotatable bonds is 6. The Kier molecular flexibility index (Phi) is 4.87. The van der Waals surface area contributed by atoms with Crippen molar-refractivity contribution in [2.75, 3.05) is 6.54 Å². The summed E-state index contributed by atoms with van der Waals surface area (Å²) in [4.78, 5) is 0. The van der Waals surface area contributed by atoms with Gasteiger partial charge in [-0.25, -0.2) is 0 Å². The summed E-state index contributed by atoms with van der Waals surface area (Å²) in [5.74, 6) is 2.41. The summed E-state index contributed by atoms with van der Waals surface area (Å²) in [6, 6.07) is 6.47. The smallest absolute Gasteiger partial charge is 0.134 e. The summed E-state index contributed by atoms with van der Waals surface area (Å²) in [6.45, 7) is 13.0. The van der Waals surface area contributed by atoms with Crippen molar-refractivity contribution in [3.05, 3.63) is 35.1 Å². The van der Waals surface area contributed by atoms with Crippen molar-refractivity contribution < 1.29 is 4.42 Å². The minimum atomic E-state index is 0.639. The number of aryl methyl sites for hydroxylation is 1. The molecule has 2 rings (SSSR count). The van der Waals surface area contributed by atoms with Crippen molar-refractivity contribution in [3.8, 4) is 0 Å². The molecule has 1 heterocycles. The minimum absolute atomic E-state index is 0.639. The Morgan fingerprint density at radius 2 is 1.85 bits per heavy atom. The van der Waals surface area contributed by atoms with Gasteiger partial charge in [0.15, 0.2) is 0 Å². The Labute approximate surface area is 122 Å². The van der Waals surface area contributed by atoms with Gasteiger partial charge in [0.2, 0.25) is 0 Å². The van der Waals surface area contributed by atoms with Gasteiger partial charge in [0.05, 0.1) is 6.54 Å². The maximum atomic E-state index is 6.07. The molecule has 0 atom stereocenters. The lowest BCUT2D eigenvalue weighted by Gasteiger charge is -2.09. The van der Waals surface area contributed by atoms with E-state index in [0.717, 1.165) is 30.9 Å². The lowest BCUT2D eigenvalue weighted by atomic mass is 9.99. The molecule has 2 nitrogen and oxygen atoms in total. The Bertz CT molecular complexity index is 566. The predicted octanol–water partition coefficient (Wildman–Crippen LogP) is 4.69. The van der Waals surface area contributed by atoms with Crippen LogP contribution >= 0.6 is 0 Å². The van der Waals surface area contributed by atoms with E-state index in [4.69, 9.17) is 4.42 Å². The van der Waals surface area contributed by atoms with Crippen LogP contribution in [0.3, 0.4) is 0 Å². The lowest BCUT2D eigenvalue weighted by molar-refractivity contribution is 0.476. The molecule has 0 radical (unpaired) electrons. The highest BCUT2D eigenvalue weighted by Crippen LogP contribution is 2.29. The Morgan fingerprint density at radius 3 is 2.50 bits per heavy atom. The van der Waals surface area contributed by atoms with Crippen LogP contribution in [0, 0.1) is 18.8 Å². The number of benzene rings is 1. The molecule has 1 N–H and O–H groups in total. The number of hydrogen-bond donors (Lipinski definition) is 1. The van der Waals surface area contributed by atoms with Crippen molar-refractivity contribution in [1.82, 2.24) is 5.32 Å². The zero-order valence-corrected chi connectivity index (χ0v) is 13.4. The highest BCUT2D eigenvalue weighted by Gasteiger charge is 2.15. The fraction of sp³-hybridized carbons (Fsp3) is 0.556. The van der Waals surface area contributed by atoms with Crippen LogP contribution < -0.4 is 5.32 Å². The maximum absolute atomic E-state index is 6.07. The number of nitrogens with one attached hydrogen (secondary N) is 1. The summed E-state index contributed by atoms with van der Waals surface area (Å²) in [5.41, 5.74) is 3.70. The van der Waals surface area contributed by atoms with Gasteiger partial charge in [-0.1, -0.05) is 39.3 Å². The molecule has 2 aromatic rings. The number of furan rings is 1. The van der Waals surface area contributed by atoms with E-state index in [1.807, 2.05) is 0 Å². The molecule has 0 saturated carbocycles. The summed E-state index contributed by atoms with van der Waals surface area (Å²) >= 11 is 0. The van der Waals surface area contributed by atoms with Gasteiger partial charge in [-0.2, -0.15) is 0 Å². The fourth-order valence-corrected chi connectivity index (χ4v) is 2.56. The van der Waals surface area contributed by atoms with Gasteiger partial charge in [-0.3, -0.25) is 0 Å². The van der Waals surface area contributed by atoms with Crippen molar-refractivity contribution in [1.29, 1.82) is 0 Å².